The van der Waals surface area contributed by atoms with Crippen LogP contribution in [0.1, 0.15) is 12.1 Å². The van der Waals surface area contributed by atoms with E-state index >= 15 is 0 Å². The van der Waals surface area contributed by atoms with Gasteiger partial charge in [-0.1, -0.05) is 6.08 Å². The summed E-state index contributed by atoms with van der Waals surface area (Å²) >= 11 is 0. The zero-order valence-electron chi connectivity index (χ0n) is 20.2. The quantitative estimate of drug-likeness (QED) is 0.245. The van der Waals surface area contributed by atoms with Gasteiger partial charge < -0.3 is 19.9 Å². The van der Waals surface area contributed by atoms with Crippen LogP contribution in [-0.4, -0.2) is 53.0 Å². The third kappa shape index (κ3) is 3.61. The maximum atomic E-state index is 13.2. The lowest BCUT2D eigenvalue weighted by atomic mass is 9.95. The molecule has 1 aliphatic heterocycles. The molecule has 1 fully saturated rings. The van der Waals surface area contributed by atoms with Crippen LogP contribution in [0.15, 0.2) is 66.5 Å². The molecule has 0 spiro atoms. The van der Waals surface area contributed by atoms with Crippen molar-refractivity contribution >= 4 is 31.7 Å². The fraction of sp³-hybridized carbons (Fsp3) is 0.231. The van der Waals surface area contributed by atoms with E-state index in [0.717, 1.165) is 21.9 Å². The molecule has 0 saturated carbocycles. The molecule has 0 unspecified atom stereocenters. The molecule has 5 aromatic rings. The number of fused-ring (bicyclic) bond motifs is 2. The largest absolute Gasteiger partial charge is 0.357 e. The van der Waals surface area contributed by atoms with E-state index in [1.165, 1.54) is 6.26 Å². The third-order valence-electron chi connectivity index (χ3n) is 7.11. The lowest BCUT2D eigenvalue weighted by molar-refractivity contribution is 0.380. The molecule has 11 heteroatoms. The van der Waals surface area contributed by atoms with E-state index in [2.05, 4.69) is 26.8 Å². The Hall–Kier alpha value is -4.09. The minimum atomic E-state index is -3.01. The van der Waals surface area contributed by atoms with Crippen molar-refractivity contribution in [2.24, 2.45) is 0 Å². The van der Waals surface area contributed by atoms with Crippen LogP contribution in [-0.2, 0) is 21.0 Å². The summed E-state index contributed by atoms with van der Waals surface area (Å²) in [6.45, 7) is 5.03. The number of hydrogen-bond acceptors (Lipinski definition) is 7. The smallest absolute Gasteiger partial charge is 0.274 e. The van der Waals surface area contributed by atoms with Gasteiger partial charge in [-0.05, 0) is 30.7 Å². The Bertz CT molecular complexity index is 1840. The topological polar surface area (TPSA) is 145 Å². The zero-order valence-corrected chi connectivity index (χ0v) is 21.1. The van der Waals surface area contributed by atoms with Crippen LogP contribution < -0.4 is 10.9 Å². The van der Waals surface area contributed by atoms with E-state index in [-0.39, 0.29) is 5.56 Å². The summed E-state index contributed by atoms with van der Waals surface area (Å²) < 4.78 is 22.5. The van der Waals surface area contributed by atoms with E-state index in [1.54, 1.807) is 23.0 Å². The average Bonchev–Trinajstić information content (AvgIpc) is 3.52. The van der Waals surface area contributed by atoms with E-state index in [4.69, 9.17) is 14.7 Å². The van der Waals surface area contributed by atoms with Crippen molar-refractivity contribution in [1.29, 1.82) is 4.78 Å². The van der Waals surface area contributed by atoms with Crippen LogP contribution in [0.25, 0.3) is 44.6 Å². The average molecular weight is 515 g/mol. The van der Waals surface area contributed by atoms with Gasteiger partial charge in [0.1, 0.15) is 15.9 Å². The summed E-state index contributed by atoms with van der Waals surface area (Å²) in [4.78, 5) is 33.5. The van der Waals surface area contributed by atoms with Crippen LogP contribution in [0.4, 0.5) is 0 Å². The van der Waals surface area contributed by atoms with E-state index in [0.29, 0.717) is 54.4 Å². The summed E-state index contributed by atoms with van der Waals surface area (Å²) in [6.07, 6.45) is 10.9. The molecule has 0 bridgehead atoms. The first-order chi connectivity index (χ1) is 17.8. The fourth-order valence-electron chi connectivity index (χ4n) is 4.90. The van der Waals surface area contributed by atoms with Crippen molar-refractivity contribution in [3.8, 4) is 22.6 Å². The Labute approximate surface area is 212 Å². The molecule has 188 valence electrons. The number of nitrogens with one attached hydrogen (secondary N) is 4. The minimum Gasteiger partial charge on any atom is -0.357 e. The minimum absolute atomic E-state index is 0.120. The molecule has 1 atom stereocenters. The van der Waals surface area contributed by atoms with Crippen LogP contribution >= 0.6 is 0 Å². The predicted octanol–water partition coefficient (Wildman–Crippen LogP) is 3.38. The summed E-state index contributed by atoms with van der Waals surface area (Å²) in [7, 11) is -3.01. The third-order valence-corrected chi connectivity index (χ3v) is 9.10. The van der Waals surface area contributed by atoms with Crippen LogP contribution in [0.2, 0.25) is 0 Å². The van der Waals surface area contributed by atoms with Crippen LogP contribution in [0, 0.1) is 4.78 Å². The molecule has 0 amide bonds. The molecular formula is C26H26N8O2S. The molecule has 0 radical (unpaired) electrons. The highest BCUT2D eigenvalue weighted by Crippen LogP contribution is 2.37. The number of aromatic amines is 2. The highest BCUT2D eigenvalue weighted by molar-refractivity contribution is 7.92. The maximum absolute atomic E-state index is 13.2. The molecule has 1 aliphatic rings. The molecule has 0 aromatic carbocycles. The molecule has 6 rings (SSSR count). The zero-order chi connectivity index (χ0) is 25.8. The fourth-order valence-corrected chi connectivity index (χ4v) is 6.16. The number of H-pyrrole nitrogens is 2. The van der Waals surface area contributed by atoms with E-state index in [9.17, 15) is 9.00 Å². The number of pyridine rings is 2. The lowest BCUT2D eigenvalue weighted by Crippen LogP contribution is -2.61. The molecular weight excluding hydrogens is 488 g/mol. The molecule has 1 saturated heterocycles. The summed E-state index contributed by atoms with van der Waals surface area (Å²) in [5, 5.41) is 4.78. The first kappa shape index (κ1) is 23.3. The van der Waals surface area contributed by atoms with Gasteiger partial charge in [0.05, 0.1) is 21.1 Å². The van der Waals surface area contributed by atoms with Crippen molar-refractivity contribution in [2.75, 3.05) is 19.3 Å². The van der Waals surface area contributed by atoms with Gasteiger partial charge in [0.15, 0.2) is 5.82 Å². The van der Waals surface area contributed by atoms with Gasteiger partial charge in [0, 0.05) is 72.6 Å². The second-order valence-electron chi connectivity index (χ2n) is 9.39. The van der Waals surface area contributed by atoms with Gasteiger partial charge in [0.25, 0.3) is 5.56 Å². The Balaban J connectivity index is 1.66. The number of nitrogens with zero attached hydrogens (tertiary/aromatic N) is 4. The first-order valence-electron chi connectivity index (χ1n) is 11.9. The molecule has 0 aliphatic carbocycles. The number of rotatable bonds is 7. The Kier molecular flexibility index (Phi) is 5.35. The van der Waals surface area contributed by atoms with E-state index < -0.39 is 14.5 Å². The Morgan fingerprint density at radius 2 is 1.95 bits per heavy atom. The van der Waals surface area contributed by atoms with Crippen molar-refractivity contribution in [3.63, 3.8) is 0 Å². The van der Waals surface area contributed by atoms with Crippen molar-refractivity contribution < 1.29 is 4.21 Å². The van der Waals surface area contributed by atoms with Gasteiger partial charge in [-0.2, -0.15) is 0 Å². The number of aromatic nitrogens is 6. The number of aryl methyl sites for hydroxylation is 1. The summed E-state index contributed by atoms with van der Waals surface area (Å²) in [6, 6.07) is 7.45. The standard InChI is InChI=1S/C26H26N8O2S/c1-3-4-11-34-13-19(16-5-8-29-22(16)25(34)35)20-12-21(26(14-28-15-26)37(2,27)36)33-24(32-20)18-7-10-31-23-17(18)6-9-30-23/h3,5-10,12-13,27-29H,1,4,11,14-15H2,2H3,(H,30,31)/t37-/m1/s1. The SMILES string of the molecule is C=CCCn1cc(-c2cc(C3([S@](C)(=N)=O)CNC3)nc(-c3ccnc4[nH]ccc34)n2)c2cc[nH]c2c1=O. The Morgan fingerprint density at radius 3 is 2.68 bits per heavy atom. The molecule has 5 aromatic heterocycles. The highest BCUT2D eigenvalue weighted by atomic mass is 32.2. The van der Waals surface area contributed by atoms with Gasteiger partial charge in [0.2, 0.25) is 0 Å². The number of allylic oxidation sites excluding steroid dienone is 1. The highest BCUT2D eigenvalue weighted by Gasteiger charge is 2.47. The monoisotopic (exact) mass is 514 g/mol. The molecule has 4 N–H and O–H groups in total. The number of hydrogen-bond donors (Lipinski definition) is 4. The summed E-state index contributed by atoms with van der Waals surface area (Å²) in [5.41, 5.74) is 3.73. The second-order valence-corrected chi connectivity index (χ2v) is 11.9. The van der Waals surface area contributed by atoms with Gasteiger partial charge >= 0.3 is 0 Å². The Morgan fingerprint density at radius 1 is 1.16 bits per heavy atom. The van der Waals surface area contributed by atoms with Crippen LogP contribution in [0.5, 0.6) is 0 Å². The molecule has 10 nitrogen and oxygen atoms in total. The maximum Gasteiger partial charge on any atom is 0.274 e. The molecule has 6 heterocycles. The molecule has 37 heavy (non-hydrogen) atoms. The van der Waals surface area contributed by atoms with Gasteiger partial charge in [-0.15, -0.1) is 6.58 Å². The lowest BCUT2D eigenvalue weighted by Gasteiger charge is -2.42. The van der Waals surface area contributed by atoms with Crippen molar-refractivity contribution in [1.82, 2.24) is 34.8 Å². The van der Waals surface area contributed by atoms with Gasteiger partial charge in [-0.3, -0.25) is 9.57 Å². The second kappa shape index (κ2) is 8.49. The predicted molar refractivity (Wildman–Crippen MR) is 145 cm³/mol. The summed E-state index contributed by atoms with van der Waals surface area (Å²) in [5.74, 6) is 0.446. The van der Waals surface area contributed by atoms with Crippen LogP contribution in [0.3, 0.4) is 0 Å². The normalized spacial score (nSPS) is 16.5. The first-order valence-corrected chi connectivity index (χ1v) is 13.9. The van der Waals surface area contributed by atoms with Crippen molar-refractivity contribution in [2.45, 2.75) is 17.7 Å². The van der Waals surface area contributed by atoms with Gasteiger partial charge in [-0.25, -0.2) is 19.2 Å². The van der Waals surface area contributed by atoms with E-state index in [1.807, 2.05) is 36.7 Å². The van der Waals surface area contributed by atoms with Crippen molar-refractivity contribution in [3.05, 3.63) is 77.8 Å².